The maximum absolute atomic E-state index is 11.9. The lowest BCUT2D eigenvalue weighted by atomic mass is 9.74. The van der Waals surface area contributed by atoms with Crippen LogP contribution in [0.4, 0.5) is 0 Å². The standard InChI is InChI=1S/C13H21N3O/c1-12(2,3)11(17)15-10-7-13(5-4-6-13)16(8-10)9-14/h10H,4-8H2,1-3H3,(H,15,17). The largest absolute Gasteiger partial charge is 0.351 e. The second-order valence-corrected chi connectivity index (χ2v) is 6.41. The Kier molecular flexibility index (Phi) is 2.81. The van der Waals surface area contributed by atoms with Gasteiger partial charge in [0.05, 0.1) is 5.54 Å². The normalized spacial score (nSPS) is 26.5. The molecule has 1 atom stereocenters. The number of likely N-dealkylation sites (tertiary alicyclic amines) is 1. The zero-order chi connectivity index (χ0) is 12.7. The minimum Gasteiger partial charge on any atom is -0.351 e. The van der Waals surface area contributed by atoms with Gasteiger partial charge in [0.1, 0.15) is 0 Å². The number of hydrogen-bond donors (Lipinski definition) is 1. The lowest BCUT2D eigenvalue weighted by Gasteiger charge is -2.42. The Balaban J connectivity index is 1.98. The second kappa shape index (κ2) is 3.90. The van der Waals surface area contributed by atoms with Gasteiger partial charge in [0.15, 0.2) is 6.19 Å². The van der Waals surface area contributed by atoms with Gasteiger partial charge in [-0.05, 0) is 25.7 Å². The molecule has 1 saturated heterocycles. The van der Waals surface area contributed by atoms with Gasteiger partial charge in [0.2, 0.25) is 5.91 Å². The van der Waals surface area contributed by atoms with Crippen molar-refractivity contribution in [1.82, 2.24) is 10.2 Å². The Morgan fingerprint density at radius 3 is 2.47 bits per heavy atom. The Hall–Kier alpha value is -1.24. The summed E-state index contributed by atoms with van der Waals surface area (Å²) >= 11 is 0. The van der Waals surface area contributed by atoms with Gasteiger partial charge >= 0.3 is 0 Å². The molecule has 4 heteroatoms. The van der Waals surface area contributed by atoms with E-state index >= 15 is 0 Å². The van der Waals surface area contributed by atoms with E-state index in [0.29, 0.717) is 6.54 Å². The quantitative estimate of drug-likeness (QED) is 0.703. The van der Waals surface area contributed by atoms with Gasteiger partial charge in [0.25, 0.3) is 0 Å². The SMILES string of the molecule is CC(C)(C)C(=O)NC1CN(C#N)C2(CCC2)C1. The van der Waals surface area contributed by atoms with Crippen molar-refractivity contribution >= 4 is 5.91 Å². The fraction of sp³-hybridized carbons (Fsp3) is 0.846. The molecule has 0 radical (unpaired) electrons. The van der Waals surface area contributed by atoms with Crippen LogP contribution in [0.15, 0.2) is 0 Å². The molecule has 17 heavy (non-hydrogen) atoms. The molecule has 2 aliphatic rings. The number of carbonyl (C=O) groups is 1. The predicted molar refractivity (Wildman–Crippen MR) is 64.9 cm³/mol. The van der Waals surface area contributed by atoms with Crippen molar-refractivity contribution in [3.8, 4) is 6.19 Å². The van der Waals surface area contributed by atoms with Gasteiger partial charge in [-0.3, -0.25) is 4.79 Å². The second-order valence-electron chi connectivity index (χ2n) is 6.41. The number of nitriles is 1. The Morgan fingerprint density at radius 1 is 1.47 bits per heavy atom. The third-order valence-corrected chi connectivity index (χ3v) is 4.02. The molecule has 2 fully saturated rings. The maximum Gasteiger partial charge on any atom is 0.225 e. The van der Waals surface area contributed by atoms with E-state index < -0.39 is 0 Å². The molecule has 0 aromatic carbocycles. The zero-order valence-corrected chi connectivity index (χ0v) is 10.9. The Morgan fingerprint density at radius 2 is 2.12 bits per heavy atom. The van der Waals surface area contributed by atoms with E-state index in [1.807, 2.05) is 25.7 Å². The van der Waals surface area contributed by atoms with Crippen LogP contribution in [-0.4, -0.2) is 28.9 Å². The average Bonchev–Trinajstić information content (AvgIpc) is 2.54. The molecule has 1 amide bonds. The van der Waals surface area contributed by atoms with Crippen LogP contribution < -0.4 is 5.32 Å². The highest BCUT2D eigenvalue weighted by Gasteiger charge is 2.50. The van der Waals surface area contributed by atoms with Gasteiger partial charge in [-0.25, -0.2) is 0 Å². The molecule has 1 unspecified atom stereocenters. The van der Waals surface area contributed by atoms with Crippen molar-refractivity contribution in [3.63, 3.8) is 0 Å². The molecule has 1 aliphatic heterocycles. The fourth-order valence-corrected chi connectivity index (χ4v) is 2.75. The Labute approximate surface area is 103 Å². The van der Waals surface area contributed by atoms with Gasteiger partial charge in [-0.2, -0.15) is 5.26 Å². The summed E-state index contributed by atoms with van der Waals surface area (Å²) in [6.45, 7) is 6.42. The molecular formula is C13H21N3O. The van der Waals surface area contributed by atoms with Crippen molar-refractivity contribution in [2.45, 2.75) is 58.0 Å². The summed E-state index contributed by atoms with van der Waals surface area (Å²) in [7, 11) is 0. The topological polar surface area (TPSA) is 56.1 Å². The molecule has 0 bridgehead atoms. The number of amides is 1. The molecule has 2 rings (SSSR count). The molecular weight excluding hydrogens is 214 g/mol. The van der Waals surface area contributed by atoms with E-state index in [1.165, 1.54) is 6.42 Å². The summed E-state index contributed by atoms with van der Waals surface area (Å²) in [5, 5.41) is 12.2. The lowest BCUT2D eigenvalue weighted by molar-refractivity contribution is -0.129. The summed E-state index contributed by atoms with van der Waals surface area (Å²) in [4.78, 5) is 13.8. The van der Waals surface area contributed by atoms with Crippen molar-refractivity contribution in [2.75, 3.05) is 6.54 Å². The lowest BCUT2D eigenvalue weighted by Crippen LogP contribution is -2.46. The highest BCUT2D eigenvalue weighted by Crippen LogP contribution is 2.45. The number of carbonyl (C=O) groups excluding carboxylic acids is 1. The Bertz CT molecular complexity index is 360. The molecule has 0 aromatic rings. The van der Waals surface area contributed by atoms with Gasteiger partial charge in [0, 0.05) is 18.0 Å². The summed E-state index contributed by atoms with van der Waals surface area (Å²) in [5.41, 5.74) is -0.280. The number of nitrogens with one attached hydrogen (secondary N) is 1. The number of hydrogen-bond acceptors (Lipinski definition) is 3. The van der Waals surface area contributed by atoms with E-state index in [0.717, 1.165) is 19.3 Å². The summed E-state index contributed by atoms with van der Waals surface area (Å²) in [6, 6.07) is 0.140. The van der Waals surface area contributed by atoms with Gasteiger partial charge in [-0.15, -0.1) is 0 Å². The van der Waals surface area contributed by atoms with Crippen LogP contribution in [0.1, 0.15) is 46.5 Å². The highest BCUT2D eigenvalue weighted by molar-refractivity contribution is 5.81. The van der Waals surface area contributed by atoms with Crippen LogP contribution in [0, 0.1) is 16.9 Å². The van der Waals surface area contributed by atoms with Crippen molar-refractivity contribution in [1.29, 1.82) is 5.26 Å². The minimum absolute atomic E-state index is 0.0740. The van der Waals surface area contributed by atoms with Crippen molar-refractivity contribution < 1.29 is 4.79 Å². The van der Waals surface area contributed by atoms with Crippen LogP contribution in [0.25, 0.3) is 0 Å². The number of nitrogens with zero attached hydrogens (tertiary/aromatic N) is 2. The van der Waals surface area contributed by atoms with E-state index in [-0.39, 0.29) is 22.9 Å². The van der Waals surface area contributed by atoms with E-state index in [4.69, 9.17) is 5.26 Å². The first-order valence-electron chi connectivity index (χ1n) is 6.36. The van der Waals surface area contributed by atoms with Crippen LogP contribution in [0.2, 0.25) is 0 Å². The summed E-state index contributed by atoms with van der Waals surface area (Å²) in [6.07, 6.45) is 6.62. The molecule has 1 N–H and O–H groups in total. The summed E-state index contributed by atoms with van der Waals surface area (Å²) < 4.78 is 0. The molecule has 1 aliphatic carbocycles. The third kappa shape index (κ3) is 2.11. The molecule has 1 spiro atoms. The van der Waals surface area contributed by atoms with Crippen LogP contribution in [0.3, 0.4) is 0 Å². The van der Waals surface area contributed by atoms with Crippen LogP contribution >= 0.6 is 0 Å². The first-order chi connectivity index (χ1) is 7.87. The zero-order valence-electron chi connectivity index (χ0n) is 10.9. The third-order valence-electron chi connectivity index (χ3n) is 4.02. The smallest absolute Gasteiger partial charge is 0.225 e. The average molecular weight is 235 g/mol. The van der Waals surface area contributed by atoms with Crippen molar-refractivity contribution in [3.05, 3.63) is 0 Å². The predicted octanol–water partition coefficient (Wildman–Crippen LogP) is 1.63. The van der Waals surface area contributed by atoms with Crippen LogP contribution in [0.5, 0.6) is 0 Å². The van der Waals surface area contributed by atoms with Gasteiger partial charge < -0.3 is 10.2 Å². The van der Waals surface area contributed by atoms with E-state index in [2.05, 4.69) is 11.5 Å². The molecule has 1 heterocycles. The van der Waals surface area contributed by atoms with Crippen LogP contribution in [-0.2, 0) is 4.79 Å². The van der Waals surface area contributed by atoms with Crippen molar-refractivity contribution in [2.24, 2.45) is 5.41 Å². The highest BCUT2D eigenvalue weighted by atomic mass is 16.2. The fourth-order valence-electron chi connectivity index (χ4n) is 2.75. The molecule has 1 saturated carbocycles. The first-order valence-corrected chi connectivity index (χ1v) is 6.36. The molecule has 4 nitrogen and oxygen atoms in total. The maximum atomic E-state index is 11.9. The monoisotopic (exact) mass is 235 g/mol. The summed E-state index contributed by atoms with van der Waals surface area (Å²) in [5.74, 6) is 0.0803. The number of rotatable bonds is 1. The minimum atomic E-state index is -0.354. The first kappa shape index (κ1) is 12.2. The van der Waals surface area contributed by atoms with Gasteiger partial charge in [-0.1, -0.05) is 20.8 Å². The molecule has 0 aromatic heterocycles. The van der Waals surface area contributed by atoms with E-state index in [1.54, 1.807) is 0 Å². The van der Waals surface area contributed by atoms with E-state index in [9.17, 15) is 4.79 Å². The molecule has 94 valence electrons.